The van der Waals surface area contributed by atoms with Crippen LogP contribution in [0.4, 0.5) is 0 Å². The van der Waals surface area contributed by atoms with Crippen LogP contribution in [0.2, 0.25) is 0 Å². The van der Waals surface area contributed by atoms with Crippen LogP contribution in [0.3, 0.4) is 0 Å². The van der Waals surface area contributed by atoms with Crippen molar-refractivity contribution in [3.8, 4) is 0 Å². The molecule has 1 aliphatic heterocycles. The van der Waals surface area contributed by atoms with Gasteiger partial charge >= 0.3 is 0 Å². The molecule has 27 heavy (non-hydrogen) atoms. The highest BCUT2D eigenvalue weighted by atomic mass is 16.5. The number of hydrogen-bond donors (Lipinski definition) is 2. The van der Waals surface area contributed by atoms with Gasteiger partial charge in [-0.25, -0.2) is 0 Å². The Hall–Kier alpha value is -1.92. The quantitative estimate of drug-likeness (QED) is 0.726. The van der Waals surface area contributed by atoms with Gasteiger partial charge < -0.3 is 15.4 Å². The van der Waals surface area contributed by atoms with Gasteiger partial charge in [-0.15, -0.1) is 0 Å². The van der Waals surface area contributed by atoms with E-state index in [1.807, 2.05) is 30.3 Å². The number of nitrogens with one attached hydrogen (secondary N) is 2. The molecule has 1 saturated heterocycles. The fourth-order valence-corrected chi connectivity index (χ4v) is 3.35. The molecule has 2 atom stereocenters. The van der Waals surface area contributed by atoms with Gasteiger partial charge in [0.25, 0.3) is 0 Å². The first-order valence-electron chi connectivity index (χ1n) is 9.74. The average Bonchev–Trinajstić information content (AvgIpc) is 2.60. The summed E-state index contributed by atoms with van der Waals surface area (Å²) in [5.41, 5.74) is 0.827. The molecule has 6 nitrogen and oxygen atoms in total. The second-order valence-corrected chi connectivity index (χ2v) is 8.01. The van der Waals surface area contributed by atoms with Gasteiger partial charge in [-0.1, -0.05) is 30.3 Å². The predicted molar refractivity (Wildman–Crippen MR) is 106 cm³/mol. The molecule has 0 aliphatic carbocycles. The number of morpholine rings is 1. The van der Waals surface area contributed by atoms with E-state index in [9.17, 15) is 9.59 Å². The molecule has 0 radical (unpaired) electrons. The SMILES string of the molecule is C[C@@H]1CN(C(C)(C)CNC(=O)CCNC(=O)Cc2ccccc2)C[C@@H](C)O1. The molecule has 1 fully saturated rings. The van der Waals surface area contributed by atoms with Gasteiger partial charge in [-0.3, -0.25) is 14.5 Å². The molecule has 150 valence electrons. The van der Waals surface area contributed by atoms with Gasteiger partial charge in [0.05, 0.1) is 18.6 Å². The van der Waals surface area contributed by atoms with E-state index in [0.29, 0.717) is 19.5 Å². The minimum Gasteiger partial charge on any atom is -0.373 e. The first-order chi connectivity index (χ1) is 12.8. The highest BCUT2D eigenvalue weighted by Gasteiger charge is 2.33. The predicted octanol–water partition coefficient (Wildman–Crippen LogP) is 1.74. The Balaban J connectivity index is 1.67. The molecule has 0 unspecified atom stereocenters. The first kappa shape index (κ1) is 21.4. The van der Waals surface area contributed by atoms with Crippen LogP contribution in [0.1, 0.15) is 39.7 Å². The van der Waals surface area contributed by atoms with Crippen molar-refractivity contribution in [1.29, 1.82) is 0 Å². The number of rotatable bonds is 8. The molecule has 1 aromatic rings. The normalized spacial score (nSPS) is 20.9. The molecule has 1 aromatic carbocycles. The summed E-state index contributed by atoms with van der Waals surface area (Å²) in [7, 11) is 0. The summed E-state index contributed by atoms with van der Waals surface area (Å²) in [6, 6.07) is 9.58. The van der Waals surface area contributed by atoms with Crippen molar-refractivity contribution in [3.63, 3.8) is 0 Å². The summed E-state index contributed by atoms with van der Waals surface area (Å²) in [6.45, 7) is 11.1. The van der Waals surface area contributed by atoms with Gasteiger partial charge in [0.15, 0.2) is 0 Å². The molecule has 0 saturated carbocycles. The second kappa shape index (κ2) is 9.85. The molecule has 0 aromatic heterocycles. The molecule has 2 rings (SSSR count). The Bertz CT molecular complexity index is 608. The molecule has 0 bridgehead atoms. The van der Waals surface area contributed by atoms with E-state index in [1.165, 1.54) is 0 Å². The highest BCUT2D eigenvalue weighted by Crippen LogP contribution is 2.20. The molecular weight excluding hydrogens is 342 g/mol. The lowest BCUT2D eigenvalue weighted by Gasteiger charge is -2.45. The van der Waals surface area contributed by atoms with E-state index < -0.39 is 0 Å². The lowest BCUT2D eigenvalue weighted by atomic mass is 10.00. The van der Waals surface area contributed by atoms with Crippen molar-refractivity contribution in [2.24, 2.45) is 0 Å². The molecule has 2 N–H and O–H groups in total. The van der Waals surface area contributed by atoms with E-state index in [0.717, 1.165) is 18.7 Å². The van der Waals surface area contributed by atoms with Gasteiger partial charge in [-0.05, 0) is 33.3 Å². The van der Waals surface area contributed by atoms with E-state index in [4.69, 9.17) is 4.74 Å². The van der Waals surface area contributed by atoms with Crippen LogP contribution in [0.5, 0.6) is 0 Å². The summed E-state index contributed by atoms with van der Waals surface area (Å²) in [5, 5.41) is 5.81. The Morgan fingerprint density at radius 1 is 1.07 bits per heavy atom. The van der Waals surface area contributed by atoms with Crippen molar-refractivity contribution >= 4 is 11.8 Å². The van der Waals surface area contributed by atoms with Crippen molar-refractivity contribution in [1.82, 2.24) is 15.5 Å². The number of amides is 2. The summed E-state index contributed by atoms with van der Waals surface area (Å²) in [5.74, 6) is -0.108. The highest BCUT2D eigenvalue weighted by molar-refractivity contribution is 5.80. The van der Waals surface area contributed by atoms with Crippen LogP contribution in [-0.4, -0.2) is 60.6 Å². The van der Waals surface area contributed by atoms with Gasteiger partial charge in [0.1, 0.15) is 0 Å². The molecule has 2 amide bonds. The maximum absolute atomic E-state index is 12.1. The lowest BCUT2D eigenvalue weighted by molar-refractivity contribution is -0.123. The minimum atomic E-state index is -0.140. The number of carbonyl (C=O) groups excluding carboxylic acids is 2. The zero-order valence-corrected chi connectivity index (χ0v) is 17.0. The number of benzene rings is 1. The third-order valence-electron chi connectivity index (χ3n) is 4.88. The van der Waals surface area contributed by atoms with Gasteiger partial charge in [0, 0.05) is 38.1 Å². The number of carbonyl (C=O) groups is 2. The Morgan fingerprint density at radius 2 is 1.70 bits per heavy atom. The first-order valence-corrected chi connectivity index (χ1v) is 9.74. The maximum atomic E-state index is 12.1. The van der Waals surface area contributed by atoms with Crippen LogP contribution in [0.25, 0.3) is 0 Å². The smallest absolute Gasteiger partial charge is 0.224 e. The van der Waals surface area contributed by atoms with E-state index >= 15 is 0 Å². The van der Waals surface area contributed by atoms with Crippen molar-refractivity contribution in [2.75, 3.05) is 26.2 Å². The van der Waals surface area contributed by atoms with E-state index in [2.05, 4.69) is 43.2 Å². The van der Waals surface area contributed by atoms with E-state index in [1.54, 1.807) is 0 Å². The molecule has 0 spiro atoms. The number of hydrogen-bond acceptors (Lipinski definition) is 4. The topological polar surface area (TPSA) is 70.7 Å². The van der Waals surface area contributed by atoms with Crippen LogP contribution < -0.4 is 10.6 Å². The molecular formula is C21H33N3O3. The summed E-state index contributed by atoms with van der Waals surface area (Å²) in [6.07, 6.45) is 1.02. The average molecular weight is 376 g/mol. The van der Waals surface area contributed by atoms with Crippen LogP contribution in [-0.2, 0) is 20.7 Å². The zero-order valence-electron chi connectivity index (χ0n) is 17.0. The molecule has 1 heterocycles. The lowest BCUT2D eigenvalue weighted by Crippen LogP contribution is -2.58. The molecule has 1 aliphatic rings. The summed E-state index contributed by atoms with van der Waals surface area (Å²) >= 11 is 0. The standard InChI is InChI=1S/C21H33N3O3/c1-16-13-24(14-17(2)27-16)21(3,4)15-23-19(25)10-11-22-20(26)12-18-8-6-5-7-9-18/h5-9,16-17H,10-15H2,1-4H3,(H,22,26)(H,23,25)/t16-,17-/m1/s1. The Kier molecular flexibility index (Phi) is 7.80. The number of nitrogens with zero attached hydrogens (tertiary/aromatic N) is 1. The van der Waals surface area contributed by atoms with Crippen LogP contribution in [0, 0.1) is 0 Å². The van der Waals surface area contributed by atoms with Crippen molar-refractivity contribution in [2.45, 2.75) is 58.3 Å². The second-order valence-electron chi connectivity index (χ2n) is 8.01. The van der Waals surface area contributed by atoms with Crippen LogP contribution in [0.15, 0.2) is 30.3 Å². The fourth-order valence-electron chi connectivity index (χ4n) is 3.35. The fraction of sp³-hybridized carbons (Fsp3) is 0.619. The van der Waals surface area contributed by atoms with E-state index in [-0.39, 0.29) is 36.0 Å². The zero-order chi connectivity index (χ0) is 19.9. The third-order valence-corrected chi connectivity index (χ3v) is 4.88. The Labute approximate surface area is 162 Å². The van der Waals surface area contributed by atoms with Gasteiger partial charge in [-0.2, -0.15) is 0 Å². The minimum absolute atomic E-state index is 0.0440. The van der Waals surface area contributed by atoms with Crippen LogP contribution >= 0.6 is 0 Å². The summed E-state index contributed by atoms with van der Waals surface area (Å²) in [4.78, 5) is 26.4. The number of ether oxygens (including phenoxy) is 1. The maximum Gasteiger partial charge on any atom is 0.224 e. The molecule has 6 heteroatoms. The third kappa shape index (κ3) is 7.31. The van der Waals surface area contributed by atoms with Crippen molar-refractivity contribution < 1.29 is 14.3 Å². The summed E-state index contributed by atoms with van der Waals surface area (Å²) < 4.78 is 5.79. The largest absolute Gasteiger partial charge is 0.373 e. The van der Waals surface area contributed by atoms with Gasteiger partial charge in [0.2, 0.25) is 11.8 Å². The monoisotopic (exact) mass is 375 g/mol. The van der Waals surface area contributed by atoms with Crippen molar-refractivity contribution in [3.05, 3.63) is 35.9 Å². The Morgan fingerprint density at radius 3 is 2.33 bits per heavy atom.